The molecule has 1 aromatic heterocycles. The van der Waals surface area contributed by atoms with Crippen molar-refractivity contribution in [3.63, 3.8) is 0 Å². The molecular formula is C21H23FN2O2. The fourth-order valence-electron chi connectivity index (χ4n) is 2.94. The van der Waals surface area contributed by atoms with Gasteiger partial charge in [-0.25, -0.2) is 4.39 Å². The molecule has 0 unspecified atom stereocenters. The number of benzene rings is 2. The Balaban J connectivity index is 1.91. The van der Waals surface area contributed by atoms with E-state index in [1.165, 1.54) is 12.1 Å². The lowest BCUT2D eigenvalue weighted by molar-refractivity contribution is -0.120. The molecule has 2 aromatic carbocycles. The number of ether oxygens (including phenoxy) is 1. The summed E-state index contributed by atoms with van der Waals surface area (Å²) in [6.07, 6.45) is 1.77. The van der Waals surface area contributed by atoms with E-state index in [4.69, 9.17) is 4.74 Å². The molecule has 0 aliphatic rings. The van der Waals surface area contributed by atoms with Crippen molar-refractivity contribution in [2.75, 3.05) is 5.32 Å². The van der Waals surface area contributed by atoms with Crippen molar-refractivity contribution in [1.82, 2.24) is 4.98 Å². The molecule has 1 amide bonds. The molecule has 3 rings (SSSR count). The topological polar surface area (TPSA) is 54.1 Å². The number of amides is 1. The first kappa shape index (κ1) is 18.0. The van der Waals surface area contributed by atoms with Crippen LogP contribution in [-0.2, 0) is 10.2 Å². The Hall–Kier alpha value is -2.82. The van der Waals surface area contributed by atoms with E-state index in [2.05, 4.69) is 10.3 Å². The quantitative estimate of drug-likeness (QED) is 0.677. The molecule has 0 fully saturated rings. The minimum atomic E-state index is -0.818. The van der Waals surface area contributed by atoms with Crippen LogP contribution in [0.2, 0.25) is 0 Å². The monoisotopic (exact) mass is 354 g/mol. The van der Waals surface area contributed by atoms with Crippen LogP contribution in [0.1, 0.15) is 33.3 Å². The first-order valence-electron chi connectivity index (χ1n) is 8.63. The number of nitrogens with one attached hydrogen (secondary N) is 2. The predicted molar refractivity (Wildman–Crippen MR) is 102 cm³/mol. The Kier molecular flexibility index (Phi) is 4.72. The number of hydrogen-bond donors (Lipinski definition) is 2. The summed E-state index contributed by atoms with van der Waals surface area (Å²) in [4.78, 5) is 16.1. The minimum absolute atomic E-state index is 0.00424. The van der Waals surface area contributed by atoms with Gasteiger partial charge in [0.15, 0.2) is 0 Å². The molecule has 4 nitrogen and oxygen atoms in total. The molecule has 2 N–H and O–H groups in total. The van der Waals surface area contributed by atoms with Crippen LogP contribution in [0.5, 0.6) is 5.75 Å². The number of fused-ring (bicyclic) bond motifs is 1. The summed E-state index contributed by atoms with van der Waals surface area (Å²) < 4.78 is 19.2. The Morgan fingerprint density at radius 1 is 1.19 bits per heavy atom. The summed E-state index contributed by atoms with van der Waals surface area (Å²) in [6, 6.07) is 11.9. The average molecular weight is 354 g/mol. The van der Waals surface area contributed by atoms with Crippen molar-refractivity contribution in [3.05, 3.63) is 60.0 Å². The Morgan fingerprint density at radius 2 is 1.92 bits per heavy atom. The number of para-hydroxylation sites is 2. The summed E-state index contributed by atoms with van der Waals surface area (Å²) >= 11 is 0. The van der Waals surface area contributed by atoms with Crippen LogP contribution in [0.15, 0.2) is 48.7 Å². The molecule has 26 heavy (non-hydrogen) atoms. The molecular weight excluding hydrogens is 331 g/mol. The summed E-state index contributed by atoms with van der Waals surface area (Å²) in [5.41, 5.74) is 1.29. The van der Waals surface area contributed by atoms with Gasteiger partial charge in [-0.15, -0.1) is 0 Å². The Bertz CT molecular complexity index is 944. The van der Waals surface area contributed by atoms with Gasteiger partial charge in [0.2, 0.25) is 5.91 Å². The summed E-state index contributed by atoms with van der Waals surface area (Å²) in [7, 11) is 0. The number of aromatic nitrogens is 1. The lowest BCUT2D eigenvalue weighted by Gasteiger charge is -2.24. The number of halogens is 1. The molecule has 0 saturated carbocycles. The summed E-state index contributed by atoms with van der Waals surface area (Å²) in [5, 5.41) is 3.80. The predicted octanol–water partition coefficient (Wildman–Crippen LogP) is 5.01. The van der Waals surface area contributed by atoms with Crippen molar-refractivity contribution in [3.8, 4) is 5.75 Å². The number of carbonyl (C=O) groups excluding carboxylic acids is 1. The van der Waals surface area contributed by atoms with Gasteiger partial charge >= 0.3 is 0 Å². The van der Waals surface area contributed by atoms with E-state index in [0.29, 0.717) is 17.0 Å². The Labute approximate surface area is 152 Å². The van der Waals surface area contributed by atoms with E-state index in [-0.39, 0.29) is 17.8 Å². The van der Waals surface area contributed by atoms with Crippen LogP contribution in [-0.4, -0.2) is 17.0 Å². The SMILES string of the molecule is CC(C)Oc1ccccc1NC(=O)C(C)(C)c1c[nH]c2cc(F)ccc12. The molecule has 0 radical (unpaired) electrons. The van der Waals surface area contributed by atoms with E-state index in [1.54, 1.807) is 12.3 Å². The lowest BCUT2D eigenvalue weighted by atomic mass is 9.83. The van der Waals surface area contributed by atoms with Gasteiger partial charge in [0.05, 0.1) is 17.2 Å². The molecule has 0 atom stereocenters. The third-order valence-electron chi connectivity index (χ3n) is 4.38. The van der Waals surface area contributed by atoms with Crippen LogP contribution in [0.4, 0.5) is 10.1 Å². The second kappa shape index (κ2) is 6.83. The molecule has 1 heterocycles. The fourth-order valence-corrected chi connectivity index (χ4v) is 2.94. The van der Waals surface area contributed by atoms with E-state index < -0.39 is 5.41 Å². The van der Waals surface area contributed by atoms with Gasteiger partial charge in [0.1, 0.15) is 11.6 Å². The summed E-state index contributed by atoms with van der Waals surface area (Å²) in [5.74, 6) is 0.156. The second-order valence-corrected chi connectivity index (χ2v) is 7.13. The Morgan fingerprint density at radius 3 is 2.65 bits per heavy atom. The lowest BCUT2D eigenvalue weighted by Crippen LogP contribution is -2.34. The van der Waals surface area contributed by atoms with Crippen LogP contribution < -0.4 is 10.1 Å². The number of carbonyl (C=O) groups is 1. The number of anilines is 1. The van der Waals surface area contributed by atoms with Gasteiger partial charge < -0.3 is 15.0 Å². The van der Waals surface area contributed by atoms with Crippen molar-refractivity contribution in [2.24, 2.45) is 0 Å². The maximum Gasteiger partial charge on any atom is 0.234 e. The van der Waals surface area contributed by atoms with E-state index in [9.17, 15) is 9.18 Å². The largest absolute Gasteiger partial charge is 0.489 e. The maximum atomic E-state index is 13.4. The van der Waals surface area contributed by atoms with Crippen LogP contribution in [0.3, 0.4) is 0 Å². The van der Waals surface area contributed by atoms with Crippen LogP contribution in [0.25, 0.3) is 10.9 Å². The van der Waals surface area contributed by atoms with E-state index in [1.807, 2.05) is 52.0 Å². The third kappa shape index (κ3) is 3.43. The zero-order valence-corrected chi connectivity index (χ0v) is 15.4. The molecule has 3 aromatic rings. The smallest absolute Gasteiger partial charge is 0.234 e. The van der Waals surface area contributed by atoms with Gasteiger partial charge in [-0.1, -0.05) is 12.1 Å². The van der Waals surface area contributed by atoms with E-state index in [0.717, 1.165) is 10.9 Å². The average Bonchev–Trinajstić information content (AvgIpc) is 2.99. The second-order valence-electron chi connectivity index (χ2n) is 7.13. The highest BCUT2D eigenvalue weighted by atomic mass is 19.1. The van der Waals surface area contributed by atoms with Crippen molar-refractivity contribution < 1.29 is 13.9 Å². The maximum absolute atomic E-state index is 13.4. The number of H-pyrrole nitrogens is 1. The van der Waals surface area contributed by atoms with Crippen molar-refractivity contribution in [1.29, 1.82) is 0 Å². The molecule has 5 heteroatoms. The molecule has 136 valence electrons. The molecule has 0 aliphatic carbocycles. The van der Waals surface area contributed by atoms with Crippen molar-refractivity contribution in [2.45, 2.75) is 39.2 Å². The molecule has 0 spiro atoms. The molecule has 0 aliphatic heterocycles. The number of hydrogen-bond acceptors (Lipinski definition) is 2. The van der Waals surface area contributed by atoms with Gasteiger partial charge in [-0.3, -0.25) is 4.79 Å². The van der Waals surface area contributed by atoms with Gasteiger partial charge in [0.25, 0.3) is 0 Å². The minimum Gasteiger partial charge on any atom is -0.489 e. The zero-order valence-electron chi connectivity index (χ0n) is 15.4. The van der Waals surface area contributed by atoms with Gasteiger partial charge in [-0.05, 0) is 63.6 Å². The fraction of sp³-hybridized carbons (Fsp3) is 0.286. The highest BCUT2D eigenvalue weighted by Gasteiger charge is 2.32. The van der Waals surface area contributed by atoms with Gasteiger partial charge in [-0.2, -0.15) is 0 Å². The van der Waals surface area contributed by atoms with Crippen molar-refractivity contribution >= 4 is 22.5 Å². The zero-order chi connectivity index (χ0) is 18.9. The third-order valence-corrected chi connectivity index (χ3v) is 4.38. The highest BCUT2D eigenvalue weighted by molar-refractivity contribution is 6.02. The first-order chi connectivity index (χ1) is 12.3. The molecule has 0 saturated heterocycles. The van der Waals surface area contributed by atoms with Gasteiger partial charge in [0, 0.05) is 17.1 Å². The van der Waals surface area contributed by atoms with Crippen LogP contribution >= 0.6 is 0 Å². The first-order valence-corrected chi connectivity index (χ1v) is 8.63. The normalized spacial score (nSPS) is 11.8. The van der Waals surface area contributed by atoms with Crippen LogP contribution in [0, 0.1) is 5.82 Å². The number of rotatable bonds is 5. The van der Waals surface area contributed by atoms with E-state index >= 15 is 0 Å². The standard InChI is InChI=1S/C21H23FN2O2/c1-13(2)26-19-8-6-5-7-17(19)24-20(25)21(3,4)16-12-23-18-11-14(22)9-10-15(16)18/h5-13,23H,1-4H3,(H,24,25). The number of aromatic amines is 1. The molecule has 0 bridgehead atoms. The summed E-state index contributed by atoms with van der Waals surface area (Å²) in [6.45, 7) is 7.57. The highest BCUT2D eigenvalue weighted by Crippen LogP contribution is 2.33.